The third-order valence-electron chi connectivity index (χ3n) is 3.10. The molecule has 1 aromatic carbocycles. The summed E-state index contributed by atoms with van der Waals surface area (Å²) in [5.41, 5.74) is 1.57. The quantitative estimate of drug-likeness (QED) is 0.854. The topological polar surface area (TPSA) is 66.9 Å². The molecule has 5 nitrogen and oxygen atoms in total. The Labute approximate surface area is 124 Å². The maximum atomic E-state index is 12.0. The van der Waals surface area contributed by atoms with Crippen LogP contribution in [0.5, 0.6) is 0 Å². The van der Waals surface area contributed by atoms with Crippen LogP contribution in [0, 0.1) is 5.92 Å². The van der Waals surface area contributed by atoms with Crippen LogP contribution in [0.1, 0.15) is 13.8 Å². The number of nitrogens with zero attached hydrogens (tertiary/aromatic N) is 2. The van der Waals surface area contributed by atoms with E-state index in [9.17, 15) is 4.79 Å². The van der Waals surface area contributed by atoms with Gasteiger partial charge in [0.1, 0.15) is 0 Å². The molecule has 0 spiro atoms. The number of hydrogen-bond acceptors (Lipinski definition) is 4. The summed E-state index contributed by atoms with van der Waals surface area (Å²) in [6.45, 7) is 5.41. The highest BCUT2D eigenvalue weighted by Gasteiger charge is 2.12. The summed E-state index contributed by atoms with van der Waals surface area (Å²) in [5, 5.41) is 5.98. The van der Waals surface area contributed by atoms with E-state index >= 15 is 0 Å². The third kappa shape index (κ3) is 4.36. The first kappa shape index (κ1) is 15.1. The van der Waals surface area contributed by atoms with E-state index in [0.29, 0.717) is 18.1 Å². The lowest BCUT2D eigenvalue weighted by Crippen LogP contribution is -2.30. The molecule has 1 amide bonds. The number of hydrogen-bond donors (Lipinski definition) is 2. The van der Waals surface area contributed by atoms with Crippen LogP contribution >= 0.6 is 0 Å². The van der Waals surface area contributed by atoms with Gasteiger partial charge in [0.2, 0.25) is 5.91 Å². The van der Waals surface area contributed by atoms with Crippen LogP contribution in [0.15, 0.2) is 42.7 Å². The highest BCUT2D eigenvalue weighted by molar-refractivity contribution is 5.92. The Kier molecular flexibility index (Phi) is 5.40. The largest absolute Gasteiger partial charge is 0.323 e. The predicted molar refractivity (Wildman–Crippen MR) is 83.8 cm³/mol. The lowest BCUT2D eigenvalue weighted by Gasteiger charge is -2.12. The van der Waals surface area contributed by atoms with Crippen molar-refractivity contribution in [2.75, 3.05) is 18.4 Å². The first-order chi connectivity index (χ1) is 10.2. The third-order valence-corrected chi connectivity index (χ3v) is 3.10. The Morgan fingerprint density at radius 3 is 2.48 bits per heavy atom. The van der Waals surface area contributed by atoms with Crippen molar-refractivity contribution in [3.8, 4) is 11.4 Å². The van der Waals surface area contributed by atoms with Gasteiger partial charge in [-0.2, -0.15) is 0 Å². The van der Waals surface area contributed by atoms with Crippen LogP contribution in [0.4, 0.5) is 5.69 Å². The highest BCUT2D eigenvalue weighted by Crippen LogP contribution is 2.15. The predicted octanol–water partition coefficient (Wildman–Crippen LogP) is 2.33. The Hall–Kier alpha value is -2.27. The highest BCUT2D eigenvalue weighted by atomic mass is 16.1. The molecule has 1 heterocycles. The van der Waals surface area contributed by atoms with Gasteiger partial charge in [0, 0.05) is 18.0 Å². The van der Waals surface area contributed by atoms with E-state index in [1.54, 1.807) is 12.4 Å². The second-order valence-corrected chi connectivity index (χ2v) is 4.86. The number of carbonyl (C=O) groups is 1. The smallest absolute Gasteiger partial charge is 0.228 e. The fourth-order valence-corrected chi connectivity index (χ4v) is 1.85. The van der Waals surface area contributed by atoms with E-state index in [1.165, 1.54) is 0 Å². The molecule has 0 aliphatic rings. The second-order valence-electron chi connectivity index (χ2n) is 4.86. The number of aromatic nitrogens is 2. The first-order valence-corrected chi connectivity index (χ1v) is 7.09. The van der Waals surface area contributed by atoms with Gasteiger partial charge in [-0.05, 0) is 6.54 Å². The van der Waals surface area contributed by atoms with Crippen LogP contribution in [-0.4, -0.2) is 29.0 Å². The lowest BCUT2D eigenvalue weighted by atomic mass is 10.1. The standard InChI is InChI=1S/C16H20N4O/c1-3-17-9-12(2)16(21)20-14-10-18-15(19-11-14)13-7-5-4-6-8-13/h4-8,10-12,17H,3,9H2,1-2H3,(H,20,21). The second kappa shape index (κ2) is 7.50. The van der Waals surface area contributed by atoms with E-state index in [1.807, 2.05) is 44.2 Å². The Bertz CT molecular complexity index is 569. The van der Waals surface area contributed by atoms with Crippen molar-refractivity contribution in [3.05, 3.63) is 42.7 Å². The van der Waals surface area contributed by atoms with Gasteiger partial charge < -0.3 is 10.6 Å². The van der Waals surface area contributed by atoms with E-state index in [4.69, 9.17) is 0 Å². The van der Waals surface area contributed by atoms with Crippen molar-refractivity contribution in [1.82, 2.24) is 15.3 Å². The molecule has 110 valence electrons. The molecular weight excluding hydrogens is 264 g/mol. The number of rotatable bonds is 6. The molecule has 0 bridgehead atoms. The summed E-state index contributed by atoms with van der Waals surface area (Å²) < 4.78 is 0. The molecule has 0 aliphatic carbocycles. The van der Waals surface area contributed by atoms with Gasteiger partial charge in [0.15, 0.2) is 5.82 Å². The first-order valence-electron chi connectivity index (χ1n) is 7.09. The van der Waals surface area contributed by atoms with Gasteiger partial charge in [-0.1, -0.05) is 44.2 Å². The maximum Gasteiger partial charge on any atom is 0.228 e. The number of amides is 1. The summed E-state index contributed by atoms with van der Waals surface area (Å²) in [7, 11) is 0. The summed E-state index contributed by atoms with van der Waals surface area (Å²) in [5.74, 6) is 0.514. The molecule has 1 unspecified atom stereocenters. The van der Waals surface area contributed by atoms with Gasteiger partial charge in [-0.3, -0.25) is 4.79 Å². The van der Waals surface area contributed by atoms with Gasteiger partial charge in [0.25, 0.3) is 0 Å². The minimum atomic E-state index is -0.0984. The summed E-state index contributed by atoms with van der Waals surface area (Å²) in [4.78, 5) is 20.5. The molecule has 2 rings (SSSR count). The zero-order chi connectivity index (χ0) is 15.1. The van der Waals surface area contributed by atoms with E-state index in [2.05, 4.69) is 20.6 Å². The van der Waals surface area contributed by atoms with Crippen LogP contribution < -0.4 is 10.6 Å². The van der Waals surface area contributed by atoms with Gasteiger partial charge in [0.05, 0.1) is 18.1 Å². The molecular formula is C16H20N4O. The van der Waals surface area contributed by atoms with Crippen LogP contribution in [0.25, 0.3) is 11.4 Å². The van der Waals surface area contributed by atoms with Crippen molar-refractivity contribution < 1.29 is 4.79 Å². The van der Waals surface area contributed by atoms with Crippen LogP contribution in [-0.2, 0) is 4.79 Å². The number of carbonyl (C=O) groups excluding carboxylic acids is 1. The zero-order valence-corrected chi connectivity index (χ0v) is 12.3. The normalized spacial score (nSPS) is 11.9. The minimum absolute atomic E-state index is 0.0352. The van der Waals surface area contributed by atoms with Crippen LogP contribution in [0.2, 0.25) is 0 Å². The average molecular weight is 284 g/mol. The van der Waals surface area contributed by atoms with Crippen molar-refractivity contribution >= 4 is 11.6 Å². The van der Waals surface area contributed by atoms with E-state index in [0.717, 1.165) is 12.1 Å². The minimum Gasteiger partial charge on any atom is -0.323 e. The van der Waals surface area contributed by atoms with Gasteiger partial charge >= 0.3 is 0 Å². The molecule has 2 aromatic rings. The van der Waals surface area contributed by atoms with Crippen LogP contribution in [0.3, 0.4) is 0 Å². The fourth-order valence-electron chi connectivity index (χ4n) is 1.85. The molecule has 0 saturated heterocycles. The molecule has 21 heavy (non-hydrogen) atoms. The number of benzene rings is 1. The zero-order valence-electron chi connectivity index (χ0n) is 12.3. The Morgan fingerprint density at radius 2 is 1.86 bits per heavy atom. The van der Waals surface area contributed by atoms with Crippen molar-refractivity contribution in [2.24, 2.45) is 5.92 Å². The molecule has 0 aliphatic heterocycles. The maximum absolute atomic E-state index is 12.0. The monoisotopic (exact) mass is 284 g/mol. The molecule has 1 aromatic heterocycles. The van der Waals surface area contributed by atoms with Gasteiger partial charge in [-0.15, -0.1) is 0 Å². The molecule has 0 saturated carbocycles. The molecule has 0 radical (unpaired) electrons. The molecule has 1 atom stereocenters. The Balaban J connectivity index is 1.98. The SMILES string of the molecule is CCNCC(C)C(=O)Nc1cnc(-c2ccccc2)nc1. The van der Waals surface area contributed by atoms with Crippen molar-refractivity contribution in [1.29, 1.82) is 0 Å². The molecule has 2 N–H and O–H groups in total. The lowest BCUT2D eigenvalue weighted by molar-refractivity contribution is -0.119. The average Bonchev–Trinajstić information content (AvgIpc) is 2.54. The van der Waals surface area contributed by atoms with E-state index < -0.39 is 0 Å². The summed E-state index contributed by atoms with van der Waals surface area (Å²) in [6.07, 6.45) is 3.26. The summed E-state index contributed by atoms with van der Waals surface area (Å²) in [6, 6.07) is 9.73. The number of nitrogens with one attached hydrogen (secondary N) is 2. The van der Waals surface area contributed by atoms with Crippen molar-refractivity contribution in [3.63, 3.8) is 0 Å². The molecule has 0 fully saturated rings. The van der Waals surface area contributed by atoms with E-state index in [-0.39, 0.29) is 11.8 Å². The Morgan fingerprint density at radius 1 is 1.19 bits per heavy atom. The van der Waals surface area contributed by atoms with Crippen molar-refractivity contribution in [2.45, 2.75) is 13.8 Å². The van der Waals surface area contributed by atoms with Gasteiger partial charge in [-0.25, -0.2) is 9.97 Å². The fraction of sp³-hybridized carbons (Fsp3) is 0.312. The summed E-state index contributed by atoms with van der Waals surface area (Å²) >= 11 is 0. The molecule has 5 heteroatoms. The number of anilines is 1.